The highest BCUT2D eigenvalue weighted by atomic mass is 16.6. The molecule has 0 aliphatic heterocycles. The van der Waals surface area contributed by atoms with Crippen molar-refractivity contribution >= 4 is 12.0 Å². The van der Waals surface area contributed by atoms with E-state index in [9.17, 15) is 14.9 Å². The number of carbonyl (C=O) groups is 1. The summed E-state index contributed by atoms with van der Waals surface area (Å²) in [4.78, 5) is 22.8. The first-order valence-electron chi connectivity index (χ1n) is 8.82. The molecule has 0 saturated heterocycles. The van der Waals surface area contributed by atoms with Crippen LogP contribution < -0.4 is 14.2 Å². The lowest BCUT2D eigenvalue weighted by Gasteiger charge is -2.16. The molecule has 0 atom stereocenters. The maximum Gasteiger partial charge on any atom is 0.325 e. The summed E-state index contributed by atoms with van der Waals surface area (Å²) >= 11 is 0. The summed E-state index contributed by atoms with van der Waals surface area (Å²) in [7, 11) is 1.39. The zero-order valence-corrected chi connectivity index (χ0v) is 15.7. The zero-order chi connectivity index (χ0) is 20.6. The van der Waals surface area contributed by atoms with Gasteiger partial charge in [-0.15, -0.1) is 0 Å². The van der Waals surface area contributed by atoms with Crippen molar-refractivity contribution in [2.45, 2.75) is 13.2 Å². The molecule has 0 unspecified atom stereocenters. The minimum atomic E-state index is -0.654. The monoisotopic (exact) mass is 393 g/mol. The number of methoxy groups -OCH3 is 1. The van der Waals surface area contributed by atoms with Crippen LogP contribution in [0.5, 0.6) is 17.2 Å². The van der Waals surface area contributed by atoms with E-state index in [1.54, 1.807) is 0 Å². The molecule has 0 aromatic heterocycles. The van der Waals surface area contributed by atoms with Crippen molar-refractivity contribution in [3.05, 3.63) is 93.5 Å². The highest BCUT2D eigenvalue weighted by molar-refractivity contribution is 5.89. The lowest BCUT2D eigenvalue weighted by Crippen LogP contribution is -2.07. The zero-order valence-electron chi connectivity index (χ0n) is 15.7. The molecule has 29 heavy (non-hydrogen) atoms. The second-order valence-electron chi connectivity index (χ2n) is 6.09. The number of ether oxygens (including phenoxy) is 3. The molecule has 3 aromatic carbocycles. The van der Waals surface area contributed by atoms with Crippen molar-refractivity contribution in [3.8, 4) is 17.2 Å². The van der Waals surface area contributed by atoms with Crippen LogP contribution in [0.1, 0.15) is 21.5 Å². The van der Waals surface area contributed by atoms with Gasteiger partial charge < -0.3 is 14.2 Å². The Morgan fingerprint density at radius 3 is 1.93 bits per heavy atom. The van der Waals surface area contributed by atoms with Gasteiger partial charge in [-0.05, 0) is 11.1 Å². The standard InChI is InChI=1S/C22H19NO6/c1-27-20-12-19(28-14-16-8-4-2-5-9-16)21(23(25)26)18(13-24)22(20)29-15-17-10-6-3-7-11-17/h2-13H,14-15H2,1H3. The smallest absolute Gasteiger partial charge is 0.325 e. The van der Waals surface area contributed by atoms with Gasteiger partial charge in [0, 0.05) is 6.07 Å². The molecule has 0 heterocycles. The third-order valence-electron chi connectivity index (χ3n) is 4.20. The van der Waals surface area contributed by atoms with Crippen LogP contribution in [-0.4, -0.2) is 18.3 Å². The molecule has 0 bridgehead atoms. The molecule has 0 N–H and O–H groups in total. The van der Waals surface area contributed by atoms with E-state index < -0.39 is 10.6 Å². The Bertz CT molecular complexity index is 989. The van der Waals surface area contributed by atoms with Gasteiger partial charge in [0.1, 0.15) is 18.8 Å². The van der Waals surface area contributed by atoms with Gasteiger partial charge >= 0.3 is 5.69 Å². The minimum absolute atomic E-state index is 0.00474. The van der Waals surface area contributed by atoms with E-state index in [1.165, 1.54) is 13.2 Å². The quantitative estimate of drug-likeness (QED) is 0.300. The van der Waals surface area contributed by atoms with Crippen molar-refractivity contribution in [1.29, 1.82) is 0 Å². The van der Waals surface area contributed by atoms with Gasteiger partial charge in [-0.3, -0.25) is 14.9 Å². The van der Waals surface area contributed by atoms with E-state index in [0.717, 1.165) is 11.1 Å². The van der Waals surface area contributed by atoms with Crippen LogP contribution in [-0.2, 0) is 13.2 Å². The number of nitrogens with zero attached hydrogens (tertiary/aromatic N) is 1. The van der Waals surface area contributed by atoms with Crippen molar-refractivity contribution in [1.82, 2.24) is 0 Å². The van der Waals surface area contributed by atoms with E-state index in [1.807, 2.05) is 60.7 Å². The van der Waals surface area contributed by atoms with Gasteiger partial charge in [0.05, 0.1) is 12.0 Å². The first-order valence-corrected chi connectivity index (χ1v) is 8.82. The van der Waals surface area contributed by atoms with Crippen LogP contribution in [0.2, 0.25) is 0 Å². The maximum absolute atomic E-state index is 11.8. The predicted molar refractivity (Wildman–Crippen MR) is 107 cm³/mol. The lowest BCUT2D eigenvalue weighted by atomic mass is 10.1. The van der Waals surface area contributed by atoms with E-state index in [0.29, 0.717) is 6.29 Å². The molecule has 0 saturated carbocycles. The molecule has 0 radical (unpaired) electrons. The Morgan fingerprint density at radius 1 is 0.897 bits per heavy atom. The summed E-state index contributed by atoms with van der Waals surface area (Å²) in [6.07, 6.45) is 0.385. The summed E-state index contributed by atoms with van der Waals surface area (Å²) in [5.41, 5.74) is 0.990. The maximum atomic E-state index is 11.8. The molecule has 3 rings (SSSR count). The van der Waals surface area contributed by atoms with Crippen LogP contribution in [0.15, 0.2) is 66.7 Å². The average molecular weight is 393 g/mol. The summed E-state index contributed by atoms with van der Waals surface area (Å²) in [6.45, 7) is 0.229. The highest BCUT2D eigenvalue weighted by Crippen LogP contribution is 2.44. The van der Waals surface area contributed by atoms with E-state index in [-0.39, 0.29) is 36.0 Å². The number of hydrogen-bond acceptors (Lipinski definition) is 6. The number of benzene rings is 3. The van der Waals surface area contributed by atoms with E-state index in [2.05, 4.69) is 0 Å². The van der Waals surface area contributed by atoms with Gasteiger partial charge in [0.2, 0.25) is 5.75 Å². The average Bonchev–Trinajstić information content (AvgIpc) is 2.76. The van der Waals surface area contributed by atoms with E-state index >= 15 is 0 Å². The number of rotatable bonds is 9. The Morgan fingerprint density at radius 2 is 1.45 bits per heavy atom. The van der Waals surface area contributed by atoms with Gasteiger partial charge in [-0.25, -0.2) is 0 Å². The van der Waals surface area contributed by atoms with Gasteiger partial charge in [-0.1, -0.05) is 60.7 Å². The Balaban J connectivity index is 1.97. The molecule has 0 spiro atoms. The first kappa shape index (κ1) is 19.9. The van der Waals surface area contributed by atoms with Gasteiger partial charge in [-0.2, -0.15) is 0 Å². The highest BCUT2D eigenvalue weighted by Gasteiger charge is 2.29. The minimum Gasteiger partial charge on any atom is -0.493 e. The molecule has 0 amide bonds. The summed E-state index contributed by atoms with van der Waals surface area (Å²) in [5.74, 6) is 0.117. The number of nitro groups is 1. The first-order chi connectivity index (χ1) is 14.1. The molecule has 0 aliphatic rings. The molecule has 0 fully saturated rings. The van der Waals surface area contributed by atoms with Crippen LogP contribution in [0.4, 0.5) is 5.69 Å². The fraction of sp³-hybridized carbons (Fsp3) is 0.136. The number of hydrogen-bond donors (Lipinski definition) is 0. The predicted octanol–water partition coefficient (Wildman–Crippen LogP) is 4.57. The third kappa shape index (κ3) is 4.70. The Hall–Kier alpha value is -3.87. The topological polar surface area (TPSA) is 87.9 Å². The van der Waals surface area contributed by atoms with Crippen molar-refractivity contribution in [3.63, 3.8) is 0 Å². The van der Waals surface area contributed by atoms with Crippen molar-refractivity contribution in [2.24, 2.45) is 0 Å². The number of nitro benzene ring substituents is 1. The fourth-order valence-electron chi connectivity index (χ4n) is 2.80. The van der Waals surface area contributed by atoms with Gasteiger partial charge in [0.25, 0.3) is 0 Å². The molecule has 0 aliphatic carbocycles. The van der Waals surface area contributed by atoms with E-state index in [4.69, 9.17) is 14.2 Å². The van der Waals surface area contributed by atoms with Crippen LogP contribution in [0.3, 0.4) is 0 Å². The molecular weight excluding hydrogens is 374 g/mol. The normalized spacial score (nSPS) is 10.2. The van der Waals surface area contributed by atoms with Crippen molar-refractivity contribution in [2.75, 3.05) is 7.11 Å². The molecule has 148 valence electrons. The van der Waals surface area contributed by atoms with Crippen LogP contribution in [0.25, 0.3) is 0 Å². The van der Waals surface area contributed by atoms with Crippen LogP contribution in [0, 0.1) is 10.1 Å². The third-order valence-corrected chi connectivity index (χ3v) is 4.20. The number of carbonyl (C=O) groups excluding carboxylic acids is 1. The Labute approximate surface area is 167 Å². The second-order valence-corrected chi connectivity index (χ2v) is 6.09. The van der Waals surface area contributed by atoms with Crippen LogP contribution >= 0.6 is 0 Å². The molecule has 7 nitrogen and oxygen atoms in total. The summed E-state index contributed by atoms with van der Waals surface area (Å²) in [6, 6.07) is 19.8. The largest absolute Gasteiger partial charge is 0.493 e. The molecular formula is C22H19NO6. The summed E-state index contributed by atoms with van der Waals surface area (Å²) in [5, 5.41) is 11.7. The summed E-state index contributed by atoms with van der Waals surface area (Å²) < 4.78 is 16.7. The lowest BCUT2D eigenvalue weighted by molar-refractivity contribution is -0.386. The fourth-order valence-corrected chi connectivity index (χ4v) is 2.80. The van der Waals surface area contributed by atoms with Crippen molar-refractivity contribution < 1.29 is 23.9 Å². The SMILES string of the molecule is COc1cc(OCc2ccccc2)c([N+](=O)[O-])c(C=O)c1OCc1ccccc1. The molecule has 3 aromatic rings. The second kappa shape index (κ2) is 9.36. The molecule has 7 heteroatoms. The van der Waals surface area contributed by atoms with Gasteiger partial charge in [0.15, 0.2) is 17.8 Å². The number of aldehydes is 1. The Kier molecular flexibility index (Phi) is 6.42.